The number of methoxy groups -OCH3 is 1. The standard InChI is InChI=1S/C20H18N4O4S2/c1-22-30(26,27)16-5-3-13(4-6-16)8-18(25)24-19-9-15(12-29-19)17-7-14(10-21)11-23-20(17)28-2/h3-7,9,11-12,22H,8H2,1-2H3,(H,24,25). The predicted molar refractivity (Wildman–Crippen MR) is 114 cm³/mol. The van der Waals surface area contributed by atoms with Crippen LogP contribution in [0.1, 0.15) is 11.1 Å². The van der Waals surface area contributed by atoms with Crippen molar-refractivity contribution in [2.24, 2.45) is 0 Å². The van der Waals surface area contributed by atoms with Gasteiger partial charge in [0, 0.05) is 17.1 Å². The van der Waals surface area contributed by atoms with Gasteiger partial charge in [-0.25, -0.2) is 18.1 Å². The van der Waals surface area contributed by atoms with E-state index in [0.717, 1.165) is 5.56 Å². The van der Waals surface area contributed by atoms with E-state index in [1.807, 2.05) is 11.4 Å². The van der Waals surface area contributed by atoms with Gasteiger partial charge in [0.15, 0.2) is 0 Å². The Kier molecular flexibility index (Phi) is 6.47. The number of hydrogen-bond donors (Lipinski definition) is 2. The van der Waals surface area contributed by atoms with Crippen LogP contribution in [0.4, 0.5) is 5.00 Å². The first kappa shape index (κ1) is 21.4. The summed E-state index contributed by atoms with van der Waals surface area (Å²) in [4.78, 5) is 16.6. The lowest BCUT2D eigenvalue weighted by Crippen LogP contribution is -2.18. The summed E-state index contributed by atoms with van der Waals surface area (Å²) < 4.78 is 31.0. The number of rotatable bonds is 7. The average molecular weight is 443 g/mol. The van der Waals surface area contributed by atoms with Crippen molar-refractivity contribution in [3.63, 3.8) is 0 Å². The molecule has 3 rings (SSSR count). The fourth-order valence-corrected chi connectivity index (χ4v) is 4.24. The Morgan fingerprint density at radius 3 is 2.63 bits per heavy atom. The van der Waals surface area contributed by atoms with Gasteiger partial charge >= 0.3 is 0 Å². The second kappa shape index (κ2) is 9.04. The molecule has 8 nitrogen and oxygen atoms in total. The van der Waals surface area contributed by atoms with Gasteiger partial charge in [-0.05, 0) is 42.4 Å². The zero-order valence-corrected chi connectivity index (χ0v) is 17.8. The molecule has 154 valence electrons. The van der Waals surface area contributed by atoms with E-state index >= 15 is 0 Å². The van der Waals surface area contributed by atoms with Gasteiger partial charge in [-0.15, -0.1) is 11.3 Å². The molecule has 2 heterocycles. The van der Waals surface area contributed by atoms with E-state index in [1.54, 1.807) is 24.3 Å². The number of nitriles is 1. The summed E-state index contributed by atoms with van der Waals surface area (Å²) in [6.45, 7) is 0. The predicted octanol–water partition coefficient (Wildman–Crippen LogP) is 2.78. The molecule has 1 aromatic carbocycles. The first-order valence-corrected chi connectivity index (χ1v) is 11.1. The first-order chi connectivity index (χ1) is 14.4. The number of anilines is 1. The second-order valence-corrected chi connectivity index (χ2v) is 8.97. The lowest BCUT2D eigenvalue weighted by molar-refractivity contribution is -0.115. The molecule has 0 aliphatic heterocycles. The van der Waals surface area contributed by atoms with Gasteiger partial charge in [-0.1, -0.05) is 12.1 Å². The maximum Gasteiger partial charge on any atom is 0.240 e. The Balaban J connectivity index is 1.71. The average Bonchev–Trinajstić information content (AvgIpc) is 3.21. The SMILES string of the molecule is CNS(=O)(=O)c1ccc(CC(=O)Nc2cc(-c3cc(C#N)cnc3OC)cs2)cc1. The van der Waals surface area contributed by atoms with Crippen LogP contribution in [0.5, 0.6) is 5.88 Å². The summed E-state index contributed by atoms with van der Waals surface area (Å²) in [5.74, 6) is 0.157. The van der Waals surface area contributed by atoms with Crippen molar-refractivity contribution in [2.75, 3.05) is 19.5 Å². The largest absolute Gasteiger partial charge is 0.481 e. The zero-order chi connectivity index (χ0) is 21.7. The van der Waals surface area contributed by atoms with Crippen LogP contribution in [-0.2, 0) is 21.2 Å². The fraction of sp³-hybridized carbons (Fsp3) is 0.150. The smallest absolute Gasteiger partial charge is 0.240 e. The van der Waals surface area contributed by atoms with E-state index in [4.69, 9.17) is 10.00 Å². The molecule has 3 aromatic rings. The molecule has 0 radical (unpaired) electrons. The van der Waals surface area contributed by atoms with Crippen LogP contribution in [0.25, 0.3) is 11.1 Å². The number of thiophene rings is 1. The molecular weight excluding hydrogens is 424 g/mol. The number of carbonyl (C=O) groups excluding carboxylic acids is 1. The van der Waals surface area contributed by atoms with Gasteiger partial charge in [0.2, 0.25) is 21.8 Å². The number of amides is 1. The summed E-state index contributed by atoms with van der Waals surface area (Å²) in [5, 5.41) is 14.4. The van der Waals surface area contributed by atoms with Crippen molar-refractivity contribution in [1.82, 2.24) is 9.71 Å². The van der Waals surface area contributed by atoms with Crippen LogP contribution in [0.3, 0.4) is 0 Å². The summed E-state index contributed by atoms with van der Waals surface area (Å²) in [7, 11) is -0.669. The molecule has 2 N–H and O–H groups in total. The minimum Gasteiger partial charge on any atom is -0.481 e. The monoisotopic (exact) mass is 442 g/mol. The molecule has 0 spiro atoms. The van der Waals surface area contributed by atoms with E-state index in [2.05, 4.69) is 15.0 Å². The highest BCUT2D eigenvalue weighted by molar-refractivity contribution is 7.89. The van der Waals surface area contributed by atoms with Crippen LogP contribution in [0.15, 0.2) is 52.9 Å². The van der Waals surface area contributed by atoms with Crippen molar-refractivity contribution in [2.45, 2.75) is 11.3 Å². The van der Waals surface area contributed by atoms with E-state index in [0.29, 0.717) is 27.6 Å². The van der Waals surface area contributed by atoms with Crippen LogP contribution in [0.2, 0.25) is 0 Å². The molecule has 0 atom stereocenters. The number of nitrogens with zero attached hydrogens (tertiary/aromatic N) is 2. The van der Waals surface area contributed by atoms with E-state index < -0.39 is 10.0 Å². The molecule has 0 saturated heterocycles. The molecule has 0 fully saturated rings. The highest BCUT2D eigenvalue weighted by Gasteiger charge is 2.14. The maximum absolute atomic E-state index is 12.4. The molecule has 30 heavy (non-hydrogen) atoms. The quantitative estimate of drug-likeness (QED) is 0.580. The Morgan fingerprint density at radius 2 is 2.00 bits per heavy atom. The molecule has 10 heteroatoms. The summed E-state index contributed by atoms with van der Waals surface area (Å²) in [6.07, 6.45) is 1.53. The lowest BCUT2D eigenvalue weighted by atomic mass is 10.1. The molecule has 0 bridgehead atoms. The van der Waals surface area contributed by atoms with Gasteiger partial charge in [0.25, 0.3) is 0 Å². The molecule has 0 unspecified atom stereocenters. The Bertz CT molecular complexity index is 1210. The Labute approximate surface area is 178 Å². The molecular formula is C20H18N4O4S2. The maximum atomic E-state index is 12.4. The summed E-state index contributed by atoms with van der Waals surface area (Å²) >= 11 is 1.34. The minimum atomic E-state index is -3.51. The summed E-state index contributed by atoms with van der Waals surface area (Å²) in [5.41, 5.74) is 2.53. The van der Waals surface area contributed by atoms with Crippen molar-refractivity contribution in [1.29, 1.82) is 5.26 Å². The Morgan fingerprint density at radius 1 is 1.27 bits per heavy atom. The lowest BCUT2D eigenvalue weighted by Gasteiger charge is -2.06. The topological polar surface area (TPSA) is 121 Å². The van der Waals surface area contributed by atoms with E-state index in [1.165, 1.54) is 43.8 Å². The number of aromatic nitrogens is 1. The van der Waals surface area contributed by atoms with Crippen LogP contribution in [-0.4, -0.2) is 33.5 Å². The third-order valence-electron chi connectivity index (χ3n) is 4.21. The van der Waals surface area contributed by atoms with E-state index in [9.17, 15) is 13.2 Å². The number of nitrogens with one attached hydrogen (secondary N) is 2. The van der Waals surface area contributed by atoms with Gasteiger partial charge in [-0.3, -0.25) is 4.79 Å². The number of sulfonamides is 1. The van der Waals surface area contributed by atoms with Crippen molar-refractivity contribution >= 4 is 32.3 Å². The van der Waals surface area contributed by atoms with Gasteiger partial charge in [-0.2, -0.15) is 5.26 Å². The van der Waals surface area contributed by atoms with Crippen LogP contribution in [0, 0.1) is 11.3 Å². The van der Waals surface area contributed by atoms with Crippen molar-refractivity contribution in [3.05, 3.63) is 59.1 Å². The van der Waals surface area contributed by atoms with E-state index in [-0.39, 0.29) is 17.2 Å². The number of benzene rings is 1. The molecule has 2 aromatic heterocycles. The second-order valence-electron chi connectivity index (χ2n) is 6.17. The molecule has 0 aliphatic carbocycles. The molecule has 1 amide bonds. The zero-order valence-electron chi connectivity index (χ0n) is 16.2. The van der Waals surface area contributed by atoms with Crippen LogP contribution < -0.4 is 14.8 Å². The van der Waals surface area contributed by atoms with Crippen molar-refractivity contribution < 1.29 is 17.9 Å². The van der Waals surface area contributed by atoms with Gasteiger partial charge in [0.1, 0.15) is 6.07 Å². The normalized spacial score (nSPS) is 11.0. The first-order valence-electron chi connectivity index (χ1n) is 8.71. The third-order valence-corrected chi connectivity index (χ3v) is 6.49. The number of ether oxygens (including phenoxy) is 1. The minimum absolute atomic E-state index is 0.0991. The van der Waals surface area contributed by atoms with Crippen molar-refractivity contribution in [3.8, 4) is 23.1 Å². The number of pyridine rings is 1. The van der Waals surface area contributed by atoms with Gasteiger partial charge in [0.05, 0.1) is 29.0 Å². The molecule has 0 saturated carbocycles. The Hall–Kier alpha value is -3.26. The third kappa shape index (κ3) is 4.83. The highest BCUT2D eigenvalue weighted by atomic mass is 32.2. The fourth-order valence-electron chi connectivity index (χ4n) is 2.70. The van der Waals surface area contributed by atoms with Gasteiger partial charge < -0.3 is 10.1 Å². The number of hydrogen-bond acceptors (Lipinski definition) is 7. The highest BCUT2D eigenvalue weighted by Crippen LogP contribution is 2.34. The molecule has 0 aliphatic rings. The van der Waals surface area contributed by atoms with Crippen LogP contribution >= 0.6 is 11.3 Å². The summed E-state index contributed by atoms with van der Waals surface area (Å²) in [6, 6.07) is 11.6. The number of carbonyl (C=O) groups is 1.